The van der Waals surface area contributed by atoms with Gasteiger partial charge in [0.1, 0.15) is 6.29 Å². The van der Waals surface area contributed by atoms with Crippen LogP contribution < -0.4 is 0 Å². The van der Waals surface area contributed by atoms with Crippen LogP contribution >= 0.6 is 0 Å². The number of aryl methyl sites for hydroxylation is 2. The van der Waals surface area contributed by atoms with Crippen molar-refractivity contribution >= 4 is 17.1 Å². The van der Waals surface area contributed by atoms with Crippen molar-refractivity contribution in [2.45, 2.75) is 25.7 Å². The van der Waals surface area contributed by atoms with Crippen LogP contribution in [0.5, 0.6) is 0 Å². The van der Waals surface area contributed by atoms with E-state index < -0.39 is 0 Å². The molecule has 0 atom stereocenters. The molecule has 0 aliphatic rings. The van der Waals surface area contributed by atoms with Crippen LogP contribution in [0.2, 0.25) is 0 Å². The first-order valence-electron chi connectivity index (χ1n) is 6.41. The van der Waals surface area contributed by atoms with Crippen LogP contribution in [0.1, 0.15) is 24.0 Å². The van der Waals surface area contributed by atoms with Crippen molar-refractivity contribution in [3.05, 3.63) is 47.5 Å². The van der Waals surface area contributed by atoms with Gasteiger partial charge < -0.3 is 9.90 Å². The molecule has 0 aliphatic carbocycles. The molecule has 18 heavy (non-hydrogen) atoms. The van der Waals surface area contributed by atoms with Crippen LogP contribution in [-0.2, 0) is 17.6 Å². The van der Waals surface area contributed by atoms with Gasteiger partial charge in [0.15, 0.2) is 0 Å². The van der Waals surface area contributed by atoms with Crippen molar-refractivity contribution in [3.8, 4) is 0 Å². The second-order valence-electron chi connectivity index (χ2n) is 4.46. The van der Waals surface area contributed by atoms with Gasteiger partial charge in [-0.2, -0.15) is 0 Å². The van der Waals surface area contributed by atoms with Gasteiger partial charge in [0.05, 0.1) is 0 Å². The Bertz CT molecular complexity index is 532. The van der Waals surface area contributed by atoms with Crippen LogP contribution in [0.15, 0.2) is 36.4 Å². The van der Waals surface area contributed by atoms with Crippen LogP contribution in [0.4, 0.5) is 0 Å². The molecule has 2 aromatic carbocycles. The number of aliphatic hydroxyl groups excluding tert-OH is 1. The van der Waals surface area contributed by atoms with E-state index in [0.717, 1.165) is 25.5 Å². The second-order valence-corrected chi connectivity index (χ2v) is 4.46. The minimum atomic E-state index is 0.223. The number of aliphatic hydroxyl groups is 1. The lowest BCUT2D eigenvalue weighted by Gasteiger charge is -2.10. The molecule has 2 rings (SSSR count). The maximum Gasteiger partial charge on any atom is 0.120 e. The van der Waals surface area contributed by atoms with E-state index in [2.05, 4.69) is 24.3 Å². The number of rotatable bonds is 6. The summed E-state index contributed by atoms with van der Waals surface area (Å²) in [6.07, 6.45) is 4.02. The third kappa shape index (κ3) is 2.77. The number of hydrogen-bond donors (Lipinski definition) is 1. The first-order chi connectivity index (χ1) is 8.86. The van der Waals surface area contributed by atoms with E-state index >= 15 is 0 Å². The van der Waals surface area contributed by atoms with E-state index in [4.69, 9.17) is 5.11 Å². The highest BCUT2D eigenvalue weighted by atomic mass is 16.2. The van der Waals surface area contributed by atoms with E-state index in [1.165, 1.54) is 21.9 Å². The fourth-order valence-electron chi connectivity index (χ4n) is 2.34. The minimum Gasteiger partial charge on any atom is -0.396 e. The van der Waals surface area contributed by atoms with E-state index in [-0.39, 0.29) is 6.61 Å². The van der Waals surface area contributed by atoms with Gasteiger partial charge in [-0.15, -0.1) is 0 Å². The van der Waals surface area contributed by atoms with E-state index in [0.29, 0.717) is 6.42 Å². The summed E-state index contributed by atoms with van der Waals surface area (Å²) in [6.45, 7) is 0.223. The standard InChI is InChI=1S/C16H18O2/c17-11-3-5-13-9-10-14(6-4-12-18)16-8-2-1-7-15(13)16/h1-2,7-11,18H,3-6,12H2. The first kappa shape index (κ1) is 12.8. The molecule has 0 aromatic heterocycles. The molecular formula is C16H18O2. The van der Waals surface area contributed by atoms with Crippen molar-refractivity contribution in [2.75, 3.05) is 6.61 Å². The Labute approximate surface area is 107 Å². The van der Waals surface area contributed by atoms with Gasteiger partial charge in [0, 0.05) is 13.0 Å². The third-order valence-electron chi connectivity index (χ3n) is 3.24. The van der Waals surface area contributed by atoms with Gasteiger partial charge in [-0.3, -0.25) is 0 Å². The maximum atomic E-state index is 10.5. The Morgan fingerprint density at radius 1 is 0.944 bits per heavy atom. The normalized spacial score (nSPS) is 10.7. The van der Waals surface area contributed by atoms with E-state index in [1.807, 2.05) is 12.1 Å². The molecule has 94 valence electrons. The molecule has 0 saturated carbocycles. The fourth-order valence-corrected chi connectivity index (χ4v) is 2.34. The Hall–Kier alpha value is -1.67. The van der Waals surface area contributed by atoms with Gasteiger partial charge in [0.25, 0.3) is 0 Å². The lowest BCUT2D eigenvalue weighted by atomic mass is 9.95. The molecular weight excluding hydrogens is 224 g/mol. The lowest BCUT2D eigenvalue weighted by molar-refractivity contribution is -0.107. The molecule has 1 N–H and O–H groups in total. The van der Waals surface area contributed by atoms with Crippen LogP contribution in [0.3, 0.4) is 0 Å². The van der Waals surface area contributed by atoms with Crippen molar-refractivity contribution in [3.63, 3.8) is 0 Å². The molecule has 0 amide bonds. The zero-order chi connectivity index (χ0) is 12.8. The van der Waals surface area contributed by atoms with E-state index in [9.17, 15) is 4.79 Å². The number of benzene rings is 2. The molecule has 2 heteroatoms. The predicted octanol–water partition coefficient (Wildman–Crippen LogP) is 2.90. The zero-order valence-electron chi connectivity index (χ0n) is 10.4. The summed E-state index contributed by atoms with van der Waals surface area (Å²) in [4.78, 5) is 10.5. The number of hydrogen-bond acceptors (Lipinski definition) is 2. The lowest BCUT2D eigenvalue weighted by Crippen LogP contribution is -1.94. The molecule has 0 bridgehead atoms. The monoisotopic (exact) mass is 242 g/mol. The number of carbonyl (C=O) groups excluding carboxylic acids is 1. The average molecular weight is 242 g/mol. The topological polar surface area (TPSA) is 37.3 Å². The number of fused-ring (bicyclic) bond motifs is 1. The average Bonchev–Trinajstić information content (AvgIpc) is 2.43. The molecule has 0 unspecified atom stereocenters. The van der Waals surface area contributed by atoms with Gasteiger partial charge in [0.2, 0.25) is 0 Å². The van der Waals surface area contributed by atoms with Crippen molar-refractivity contribution < 1.29 is 9.90 Å². The quantitative estimate of drug-likeness (QED) is 0.791. The van der Waals surface area contributed by atoms with Gasteiger partial charge in [-0.1, -0.05) is 36.4 Å². The predicted molar refractivity (Wildman–Crippen MR) is 73.7 cm³/mol. The summed E-state index contributed by atoms with van der Waals surface area (Å²) in [5.74, 6) is 0. The Kier molecular flexibility index (Phi) is 4.48. The molecule has 0 aliphatic heterocycles. The summed E-state index contributed by atoms with van der Waals surface area (Å²) >= 11 is 0. The highest BCUT2D eigenvalue weighted by molar-refractivity contribution is 5.88. The smallest absolute Gasteiger partial charge is 0.120 e. The van der Waals surface area contributed by atoms with Gasteiger partial charge in [-0.25, -0.2) is 0 Å². The minimum absolute atomic E-state index is 0.223. The summed E-state index contributed by atoms with van der Waals surface area (Å²) in [5.41, 5.74) is 2.50. The number of aldehydes is 1. The van der Waals surface area contributed by atoms with Crippen molar-refractivity contribution in [1.29, 1.82) is 0 Å². The van der Waals surface area contributed by atoms with Crippen LogP contribution in [0, 0.1) is 0 Å². The third-order valence-corrected chi connectivity index (χ3v) is 3.24. The summed E-state index contributed by atoms with van der Waals surface area (Å²) in [6, 6.07) is 12.5. The van der Waals surface area contributed by atoms with Crippen molar-refractivity contribution in [2.24, 2.45) is 0 Å². The second kappa shape index (κ2) is 6.31. The highest BCUT2D eigenvalue weighted by Gasteiger charge is 2.05. The molecule has 2 aromatic rings. The van der Waals surface area contributed by atoms with E-state index in [1.54, 1.807) is 0 Å². The summed E-state index contributed by atoms with van der Waals surface area (Å²) in [7, 11) is 0. The number of carbonyl (C=O) groups is 1. The highest BCUT2D eigenvalue weighted by Crippen LogP contribution is 2.24. The van der Waals surface area contributed by atoms with Crippen LogP contribution in [0.25, 0.3) is 10.8 Å². The van der Waals surface area contributed by atoms with Gasteiger partial charge in [-0.05, 0) is 41.2 Å². The summed E-state index contributed by atoms with van der Waals surface area (Å²) < 4.78 is 0. The molecule has 0 spiro atoms. The Balaban J connectivity index is 2.41. The molecule has 0 radical (unpaired) electrons. The van der Waals surface area contributed by atoms with Crippen molar-refractivity contribution in [1.82, 2.24) is 0 Å². The first-order valence-corrected chi connectivity index (χ1v) is 6.41. The largest absolute Gasteiger partial charge is 0.396 e. The maximum absolute atomic E-state index is 10.5. The molecule has 2 nitrogen and oxygen atoms in total. The molecule has 0 saturated heterocycles. The summed E-state index contributed by atoms with van der Waals surface area (Å²) in [5, 5.41) is 11.4. The van der Waals surface area contributed by atoms with Crippen LogP contribution in [-0.4, -0.2) is 18.0 Å². The van der Waals surface area contributed by atoms with Gasteiger partial charge >= 0.3 is 0 Å². The molecule has 0 heterocycles. The zero-order valence-corrected chi connectivity index (χ0v) is 10.4. The molecule has 0 fully saturated rings. The Morgan fingerprint density at radius 2 is 1.56 bits per heavy atom. The fraction of sp³-hybridized carbons (Fsp3) is 0.312. The SMILES string of the molecule is O=CCCc1ccc(CCCO)c2ccccc12. The Morgan fingerprint density at radius 3 is 2.11 bits per heavy atom.